The van der Waals surface area contributed by atoms with Crippen molar-refractivity contribution in [3.05, 3.63) is 29.8 Å². The monoisotopic (exact) mass is 345 g/mol. The molecule has 2 saturated heterocycles. The Bertz CT molecular complexity index is 651. The lowest BCUT2D eigenvalue weighted by Gasteiger charge is -2.27. The Balaban J connectivity index is 0.00000176. The van der Waals surface area contributed by atoms with Crippen molar-refractivity contribution in [2.45, 2.75) is 36.2 Å². The summed E-state index contributed by atoms with van der Waals surface area (Å²) in [4.78, 5) is 11.4. The highest BCUT2D eigenvalue weighted by Crippen LogP contribution is 2.33. The normalized spacial score (nSPS) is 25.3. The minimum Gasteiger partial charge on any atom is -0.366 e. The van der Waals surface area contributed by atoms with Crippen LogP contribution in [0.25, 0.3) is 0 Å². The number of benzene rings is 1. The molecule has 8 heteroatoms. The fraction of sp³-hybridized carbons (Fsp3) is 0.500. The molecule has 2 aliphatic heterocycles. The lowest BCUT2D eigenvalue weighted by Crippen LogP contribution is -2.42. The molecule has 6 nitrogen and oxygen atoms in total. The molecule has 1 aromatic carbocycles. The van der Waals surface area contributed by atoms with Gasteiger partial charge in [-0.15, -0.1) is 12.4 Å². The first-order valence-electron chi connectivity index (χ1n) is 7.14. The number of halogens is 1. The Morgan fingerprint density at radius 2 is 1.95 bits per heavy atom. The number of rotatable bonds is 3. The number of hydrogen-bond acceptors (Lipinski definition) is 4. The molecule has 22 heavy (non-hydrogen) atoms. The molecular weight excluding hydrogens is 326 g/mol. The molecule has 1 amide bonds. The molecule has 2 aliphatic rings. The van der Waals surface area contributed by atoms with Crippen LogP contribution in [0.5, 0.6) is 0 Å². The number of sulfonamides is 1. The summed E-state index contributed by atoms with van der Waals surface area (Å²) < 4.78 is 27.5. The van der Waals surface area contributed by atoms with E-state index < -0.39 is 15.9 Å². The fourth-order valence-corrected chi connectivity index (χ4v) is 5.21. The number of amides is 1. The van der Waals surface area contributed by atoms with Gasteiger partial charge in [-0.25, -0.2) is 8.42 Å². The van der Waals surface area contributed by atoms with Gasteiger partial charge in [0.25, 0.3) is 0 Å². The summed E-state index contributed by atoms with van der Waals surface area (Å²) in [5.41, 5.74) is 5.46. The van der Waals surface area contributed by atoms with Crippen molar-refractivity contribution in [2.24, 2.45) is 5.73 Å². The molecule has 2 unspecified atom stereocenters. The summed E-state index contributed by atoms with van der Waals surface area (Å²) in [5.74, 6) is -0.618. The quantitative estimate of drug-likeness (QED) is 0.844. The van der Waals surface area contributed by atoms with Crippen molar-refractivity contribution in [3.63, 3.8) is 0 Å². The number of carbonyl (C=O) groups is 1. The van der Waals surface area contributed by atoms with E-state index in [0.717, 1.165) is 25.8 Å². The molecule has 2 heterocycles. The fourth-order valence-electron chi connectivity index (χ4n) is 3.26. The van der Waals surface area contributed by atoms with E-state index in [9.17, 15) is 13.2 Å². The Labute approximate surface area is 136 Å². The molecule has 0 spiro atoms. The van der Waals surface area contributed by atoms with Crippen molar-refractivity contribution in [1.82, 2.24) is 9.62 Å². The van der Waals surface area contributed by atoms with Crippen LogP contribution in [0.2, 0.25) is 0 Å². The first-order valence-corrected chi connectivity index (χ1v) is 8.58. The van der Waals surface area contributed by atoms with Crippen LogP contribution in [0, 0.1) is 0 Å². The molecule has 0 saturated carbocycles. The number of nitrogens with two attached hydrogens (primary N) is 1. The zero-order chi connectivity index (χ0) is 15.0. The number of fused-ring (bicyclic) bond motifs is 2. The second kappa shape index (κ2) is 6.54. The minimum absolute atomic E-state index is 0. The third-order valence-electron chi connectivity index (χ3n) is 4.28. The zero-order valence-electron chi connectivity index (χ0n) is 12.1. The predicted molar refractivity (Wildman–Crippen MR) is 85.5 cm³/mol. The first-order chi connectivity index (χ1) is 10.00. The standard InChI is InChI=1S/C14H19N3O3S.ClH/c15-14(18)10-2-1-3-13(8-10)21(19,20)17-11-4-5-12(17)9-16-7-6-11;/h1-3,8,11-12,16H,4-7,9H2,(H2,15,18);1H. The minimum atomic E-state index is -3.59. The van der Waals surface area contributed by atoms with Gasteiger partial charge in [0.05, 0.1) is 4.90 Å². The second-order valence-electron chi connectivity index (χ2n) is 5.60. The predicted octanol–water partition coefficient (Wildman–Crippen LogP) is 0.722. The largest absolute Gasteiger partial charge is 0.366 e. The van der Waals surface area contributed by atoms with Crippen molar-refractivity contribution in [3.8, 4) is 0 Å². The van der Waals surface area contributed by atoms with E-state index in [2.05, 4.69) is 5.32 Å². The number of nitrogens with zero attached hydrogens (tertiary/aromatic N) is 1. The van der Waals surface area contributed by atoms with E-state index in [4.69, 9.17) is 5.73 Å². The van der Waals surface area contributed by atoms with Gasteiger partial charge in [-0.3, -0.25) is 4.79 Å². The summed E-state index contributed by atoms with van der Waals surface area (Å²) in [7, 11) is -3.59. The van der Waals surface area contributed by atoms with E-state index in [1.54, 1.807) is 10.4 Å². The highest BCUT2D eigenvalue weighted by Gasteiger charge is 2.43. The Morgan fingerprint density at radius 3 is 2.68 bits per heavy atom. The third kappa shape index (κ3) is 2.99. The first kappa shape index (κ1) is 17.2. The smallest absolute Gasteiger partial charge is 0.248 e. The molecule has 2 bridgehead atoms. The molecule has 3 rings (SSSR count). The van der Waals surface area contributed by atoms with Crippen LogP contribution in [0.3, 0.4) is 0 Å². The van der Waals surface area contributed by atoms with Gasteiger partial charge in [0.15, 0.2) is 0 Å². The second-order valence-corrected chi connectivity index (χ2v) is 7.45. The lowest BCUT2D eigenvalue weighted by atomic mass is 10.1. The molecule has 2 atom stereocenters. The highest BCUT2D eigenvalue weighted by atomic mass is 35.5. The van der Waals surface area contributed by atoms with E-state index in [0.29, 0.717) is 6.54 Å². The van der Waals surface area contributed by atoms with Crippen LogP contribution >= 0.6 is 12.4 Å². The van der Waals surface area contributed by atoms with Gasteiger partial charge in [0.1, 0.15) is 0 Å². The van der Waals surface area contributed by atoms with Crippen LogP contribution in [-0.2, 0) is 10.0 Å². The summed E-state index contributed by atoms with van der Waals surface area (Å²) >= 11 is 0. The van der Waals surface area contributed by atoms with Gasteiger partial charge < -0.3 is 11.1 Å². The topological polar surface area (TPSA) is 92.5 Å². The number of nitrogens with one attached hydrogen (secondary N) is 1. The molecule has 122 valence electrons. The van der Waals surface area contributed by atoms with Crippen molar-refractivity contribution in [1.29, 1.82) is 0 Å². The van der Waals surface area contributed by atoms with Gasteiger partial charge in [-0.1, -0.05) is 6.07 Å². The Morgan fingerprint density at radius 1 is 1.23 bits per heavy atom. The van der Waals surface area contributed by atoms with Crippen LogP contribution < -0.4 is 11.1 Å². The molecule has 0 radical (unpaired) electrons. The molecule has 3 N–H and O–H groups in total. The van der Waals surface area contributed by atoms with Crippen LogP contribution in [0.4, 0.5) is 0 Å². The Kier molecular flexibility index (Phi) is 5.11. The van der Waals surface area contributed by atoms with Crippen molar-refractivity contribution in [2.75, 3.05) is 13.1 Å². The molecular formula is C14H20ClN3O3S. The van der Waals surface area contributed by atoms with Crippen LogP contribution in [0.1, 0.15) is 29.6 Å². The van der Waals surface area contributed by atoms with Crippen LogP contribution in [0.15, 0.2) is 29.2 Å². The maximum atomic E-state index is 12.9. The average Bonchev–Trinajstić information content (AvgIpc) is 2.73. The van der Waals surface area contributed by atoms with E-state index in [1.807, 2.05) is 0 Å². The maximum absolute atomic E-state index is 12.9. The number of primary amides is 1. The van der Waals surface area contributed by atoms with Crippen molar-refractivity contribution >= 4 is 28.3 Å². The van der Waals surface area contributed by atoms with E-state index >= 15 is 0 Å². The van der Waals surface area contributed by atoms with Gasteiger partial charge in [-0.2, -0.15) is 4.31 Å². The average molecular weight is 346 g/mol. The van der Waals surface area contributed by atoms with Gasteiger partial charge in [0, 0.05) is 24.2 Å². The molecule has 2 fully saturated rings. The number of carbonyl (C=O) groups excluding carboxylic acids is 1. The van der Waals surface area contributed by atoms with E-state index in [-0.39, 0.29) is 34.9 Å². The summed E-state index contributed by atoms with van der Waals surface area (Å²) in [6, 6.07) is 6.03. The summed E-state index contributed by atoms with van der Waals surface area (Å²) in [6.45, 7) is 1.53. The molecule has 0 aromatic heterocycles. The zero-order valence-corrected chi connectivity index (χ0v) is 13.7. The molecule has 1 aromatic rings. The van der Waals surface area contributed by atoms with Crippen LogP contribution in [-0.4, -0.2) is 43.8 Å². The van der Waals surface area contributed by atoms with E-state index in [1.165, 1.54) is 18.2 Å². The SMILES string of the molecule is Cl.NC(=O)c1cccc(S(=O)(=O)N2C3CCNCC2CC3)c1. The lowest BCUT2D eigenvalue weighted by molar-refractivity contribution is 0.1000. The maximum Gasteiger partial charge on any atom is 0.248 e. The molecule has 0 aliphatic carbocycles. The van der Waals surface area contributed by atoms with Crippen molar-refractivity contribution < 1.29 is 13.2 Å². The number of hydrogen-bond donors (Lipinski definition) is 2. The van der Waals surface area contributed by atoms with Gasteiger partial charge in [0.2, 0.25) is 15.9 Å². The highest BCUT2D eigenvalue weighted by molar-refractivity contribution is 7.89. The summed E-state index contributed by atoms with van der Waals surface area (Å²) in [5, 5.41) is 3.28. The van der Waals surface area contributed by atoms with Gasteiger partial charge in [-0.05, 0) is 44.0 Å². The van der Waals surface area contributed by atoms with Gasteiger partial charge >= 0.3 is 0 Å². The summed E-state index contributed by atoms with van der Waals surface area (Å²) in [6.07, 6.45) is 2.61. The third-order valence-corrected chi connectivity index (χ3v) is 6.28. The Hall–Kier alpha value is -1.15.